The molecule has 2 rings (SSSR count). The lowest BCUT2D eigenvalue weighted by Crippen LogP contribution is -2.45. The van der Waals surface area contributed by atoms with Crippen molar-refractivity contribution in [2.24, 2.45) is 5.92 Å². The van der Waals surface area contributed by atoms with E-state index in [1.807, 2.05) is 4.90 Å². The number of nitrogens with zero attached hydrogens (tertiary/aromatic N) is 2. The number of rotatable bonds is 5. The molecule has 2 aliphatic rings. The number of hydrogen-bond acceptors (Lipinski definition) is 4. The Hall–Kier alpha value is -0.750. The van der Waals surface area contributed by atoms with Gasteiger partial charge in [0.25, 0.3) is 0 Å². The molecule has 0 saturated carbocycles. The van der Waals surface area contributed by atoms with Gasteiger partial charge in [-0.25, -0.2) is 0 Å². The van der Waals surface area contributed by atoms with E-state index in [9.17, 15) is 9.59 Å². The van der Waals surface area contributed by atoms with E-state index in [1.165, 1.54) is 0 Å². The average molecular weight is 285 g/mol. The number of piperidine rings is 1. The van der Waals surface area contributed by atoms with Crippen LogP contribution in [0.4, 0.5) is 0 Å². The van der Waals surface area contributed by atoms with Crippen LogP contribution in [0.2, 0.25) is 0 Å². The highest BCUT2D eigenvalue weighted by molar-refractivity contribution is 8.00. The van der Waals surface area contributed by atoms with Crippen LogP contribution in [0.1, 0.15) is 19.8 Å². The first-order valence-electron chi connectivity index (χ1n) is 7.04. The van der Waals surface area contributed by atoms with E-state index in [4.69, 9.17) is 0 Å². The largest absolute Gasteiger partial charge is 0.341 e. The standard InChI is InChI=1S/C13H23N3O2S/c1-2-14-7-11-3-5-15(6-4-11)12(17)8-16-10-19-9-13(16)18/h11,14H,2-10H2,1H3. The van der Waals surface area contributed by atoms with Gasteiger partial charge < -0.3 is 15.1 Å². The van der Waals surface area contributed by atoms with Crippen LogP contribution in [-0.4, -0.2) is 66.0 Å². The second-order valence-electron chi connectivity index (χ2n) is 5.20. The summed E-state index contributed by atoms with van der Waals surface area (Å²) in [5.74, 6) is 2.09. The Morgan fingerprint density at radius 2 is 2.16 bits per heavy atom. The van der Waals surface area contributed by atoms with Gasteiger partial charge >= 0.3 is 0 Å². The van der Waals surface area contributed by atoms with Crippen molar-refractivity contribution in [1.82, 2.24) is 15.1 Å². The summed E-state index contributed by atoms with van der Waals surface area (Å²) in [6, 6.07) is 0. The Balaban J connectivity index is 1.71. The molecule has 0 aromatic rings. The van der Waals surface area contributed by atoms with Gasteiger partial charge in [-0.3, -0.25) is 9.59 Å². The second kappa shape index (κ2) is 7.14. The van der Waals surface area contributed by atoms with Crippen molar-refractivity contribution in [3.63, 3.8) is 0 Å². The molecule has 2 amide bonds. The van der Waals surface area contributed by atoms with Gasteiger partial charge in [-0.05, 0) is 31.8 Å². The van der Waals surface area contributed by atoms with Crippen molar-refractivity contribution in [2.75, 3.05) is 44.4 Å². The van der Waals surface area contributed by atoms with E-state index in [-0.39, 0.29) is 18.4 Å². The summed E-state index contributed by atoms with van der Waals surface area (Å²) in [6.45, 7) is 6.12. The molecular weight excluding hydrogens is 262 g/mol. The van der Waals surface area contributed by atoms with E-state index >= 15 is 0 Å². The van der Waals surface area contributed by atoms with E-state index in [2.05, 4.69) is 12.2 Å². The van der Waals surface area contributed by atoms with E-state index < -0.39 is 0 Å². The molecule has 0 aromatic heterocycles. The van der Waals surface area contributed by atoms with Crippen molar-refractivity contribution < 1.29 is 9.59 Å². The van der Waals surface area contributed by atoms with Crippen LogP contribution in [0.25, 0.3) is 0 Å². The third-order valence-corrected chi connectivity index (χ3v) is 4.75. The Morgan fingerprint density at radius 1 is 1.42 bits per heavy atom. The SMILES string of the molecule is CCNCC1CCN(C(=O)CN2CSCC2=O)CC1. The molecular formula is C13H23N3O2S. The number of nitrogens with one attached hydrogen (secondary N) is 1. The van der Waals surface area contributed by atoms with E-state index in [0.29, 0.717) is 17.5 Å². The number of likely N-dealkylation sites (tertiary alicyclic amines) is 1. The summed E-state index contributed by atoms with van der Waals surface area (Å²) >= 11 is 1.59. The molecule has 1 N–H and O–H groups in total. The predicted molar refractivity (Wildman–Crippen MR) is 76.9 cm³/mol. The normalized spacial score (nSPS) is 21.2. The van der Waals surface area contributed by atoms with Crippen LogP contribution in [0.5, 0.6) is 0 Å². The quantitative estimate of drug-likeness (QED) is 0.793. The first kappa shape index (κ1) is 14.7. The van der Waals surface area contributed by atoms with Crippen LogP contribution < -0.4 is 5.32 Å². The van der Waals surface area contributed by atoms with Gasteiger partial charge in [0.2, 0.25) is 11.8 Å². The maximum Gasteiger partial charge on any atom is 0.242 e. The predicted octanol–water partition coefficient (Wildman–Crippen LogP) is 0.367. The van der Waals surface area contributed by atoms with Crippen LogP contribution in [0.3, 0.4) is 0 Å². The number of thioether (sulfide) groups is 1. The highest BCUT2D eigenvalue weighted by Crippen LogP contribution is 2.18. The van der Waals surface area contributed by atoms with Gasteiger partial charge in [-0.1, -0.05) is 6.92 Å². The Labute approximate surface area is 119 Å². The third kappa shape index (κ3) is 4.11. The van der Waals surface area contributed by atoms with Crippen molar-refractivity contribution in [3.8, 4) is 0 Å². The lowest BCUT2D eigenvalue weighted by Gasteiger charge is -2.33. The van der Waals surface area contributed by atoms with E-state index in [1.54, 1.807) is 16.7 Å². The molecule has 0 bridgehead atoms. The Kier molecular flexibility index (Phi) is 5.51. The average Bonchev–Trinajstić information content (AvgIpc) is 2.82. The smallest absolute Gasteiger partial charge is 0.242 e. The van der Waals surface area contributed by atoms with Crippen molar-refractivity contribution in [3.05, 3.63) is 0 Å². The van der Waals surface area contributed by atoms with Crippen LogP contribution in [0.15, 0.2) is 0 Å². The molecule has 0 atom stereocenters. The zero-order valence-corrected chi connectivity index (χ0v) is 12.4. The zero-order chi connectivity index (χ0) is 13.7. The van der Waals surface area contributed by atoms with Crippen molar-refractivity contribution >= 4 is 23.6 Å². The summed E-state index contributed by atoms with van der Waals surface area (Å²) in [5.41, 5.74) is 0. The molecule has 0 aromatic carbocycles. The van der Waals surface area contributed by atoms with Gasteiger partial charge in [-0.15, -0.1) is 11.8 Å². The topological polar surface area (TPSA) is 52.7 Å². The summed E-state index contributed by atoms with van der Waals surface area (Å²) in [7, 11) is 0. The first-order valence-corrected chi connectivity index (χ1v) is 8.20. The van der Waals surface area contributed by atoms with Crippen molar-refractivity contribution in [1.29, 1.82) is 0 Å². The van der Waals surface area contributed by atoms with Gasteiger partial charge in [0.05, 0.1) is 11.6 Å². The van der Waals surface area contributed by atoms with Gasteiger partial charge in [0.1, 0.15) is 6.54 Å². The van der Waals surface area contributed by atoms with Gasteiger partial charge in [0.15, 0.2) is 0 Å². The fourth-order valence-corrected chi connectivity index (χ4v) is 3.44. The zero-order valence-electron chi connectivity index (χ0n) is 11.6. The molecule has 0 aliphatic carbocycles. The minimum absolute atomic E-state index is 0.0976. The fraction of sp³-hybridized carbons (Fsp3) is 0.846. The molecule has 2 heterocycles. The molecule has 2 fully saturated rings. The minimum atomic E-state index is 0.0976. The van der Waals surface area contributed by atoms with Crippen LogP contribution in [-0.2, 0) is 9.59 Å². The molecule has 19 heavy (non-hydrogen) atoms. The van der Waals surface area contributed by atoms with Crippen LogP contribution >= 0.6 is 11.8 Å². The first-order chi connectivity index (χ1) is 9.20. The number of carbonyl (C=O) groups excluding carboxylic acids is 2. The van der Waals surface area contributed by atoms with Crippen LogP contribution in [0, 0.1) is 5.92 Å². The number of amides is 2. The maximum absolute atomic E-state index is 12.1. The summed E-state index contributed by atoms with van der Waals surface area (Å²) < 4.78 is 0. The summed E-state index contributed by atoms with van der Waals surface area (Å²) in [4.78, 5) is 27.2. The molecule has 0 unspecified atom stereocenters. The Morgan fingerprint density at radius 3 is 2.74 bits per heavy atom. The molecule has 0 spiro atoms. The highest BCUT2D eigenvalue weighted by Gasteiger charge is 2.27. The minimum Gasteiger partial charge on any atom is -0.341 e. The number of carbonyl (C=O) groups is 2. The fourth-order valence-electron chi connectivity index (χ4n) is 2.54. The van der Waals surface area contributed by atoms with E-state index in [0.717, 1.165) is 39.0 Å². The maximum atomic E-state index is 12.1. The van der Waals surface area contributed by atoms with Crippen molar-refractivity contribution in [2.45, 2.75) is 19.8 Å². The molecule has 0 radical (unpaired) electrons. The van der Waals surface area contributed by atoms with Gasteiger partial charge in [-0.2, -0.15) is 0 Å². The second-order valence-corrected chi connectivity index (χ2v) is 6.16. The number of hydrogen-bond donors (Lipinski definition) is 1. The highest BCUT2D eigenvalue weighted by atomic mass is 32.2. The van der Waals surface area contributed by atoms with Gasteiger partial charge in [0, 0.05) is 13.1 Å². The molecule has 5 nitrogen and oxygen atoms in total. The molecule has 108 valence electrons. The molecule has 6 heteroatoms. The lowest BCUT2D eigenvalue weighted by molar-refractivity contribution is -0.138. The monoisotopic (exact) mass is 285 g/mol. The summed E-state index contributed by atoms with van der Waals surface area (Å²) in [6.07, 6.45) is 2.14. The molecule has 2 saturated heterocycles. The Bertz CT molecular complexity index is 330. The third-order valence-electron chi connectivity index (χ3n) is 3.80. The summed E-state index contributed by atoms with van der Waals surface area (Å²) in [5, 5.41) is 3.37. The lowest BCUT2D eigenvalue weighted by atomic mass is 9.97. The molecule has 2 aliphatic heterocycles.